The van der Waals surface area contributed by atoms with Crippen LogP contribution in [0.4, 0.5) is 0 Å². The summed E-state index contributed by atoms with van der Waals surface area (Å²) in [5.41, 5.74) is 1.20. The quantitative estimate of drug-likeness (QED) is 0.191. The van der Waals surface area contributed by atoms with Gasteiger partial charge in [0, 0.05) is 6.61 Å². The van der Waals surface area contributed by atoms with Crippen molar-refractivity contribution in [2.75, 3.05) is 19.8 Å². The first-order chi connectivity index (χ1) is 13.3. The standard InChI is InChI=1S/C21H42O4Si3.2CH4/c1-7-8-18-28(6,25-27(4,5)24-26(2)3)19-12-15-22-16-17-23-20-21-13-10-9-11-14-21;;/h9-11,13-14,26H,7-8,12,15-20H2,1-6H3;2*1H4. The Labute approximate surface area is 191 Å². The first-order valence-corrected chi connectivity index (χ1v) is 19.3. The molecule has 0 saturated carbocycles. The summed E-state index contributed by atoms with van der Waals surface area (Å²) in [6.07, 6.45) is 3.54. The molecular formula is C23H50O4Si3. The molecule has 1 aromatic carbocycles. The van der Waals surface area contributed by atoms with Gasteiger partial charge in [0.1, 0.15) is 0 Å². The van der Waals surface area contributed by atoms with E-state index < -0.39 is 25.9 Å². The topological polar surface area (TPSA) is 36.9 Å². The summed E-state index contributed by atoms with van der Waals surface area (Å²) in [6, 6.07) is 12.6. The van der Waals surface area contributed by atoms with Crippen molar-refractivity contribution in [3.8, 4) is 0 Å². The van der Waals surface area contributed by atoms with Crippen LogP contribution in [0.3, 0.4) is 0 Å². The van der Waals surface area contributed by atoms with E-state index in [0.717, 1.165) is 19.1 Å². The second-order valence-electron chi connectivity index (χ2n) is 8.48. The van der Waals surface area contributed by atoms with Crippen LogP contribution in [0.1, 0.15) is 46.6 Å². The van der Waals surface area contributed by atoms with Crippen LogP contribution in [0.15, 0.2) is 30.3 Å². The summed E-state index contributed by atoms with van der Waals surface area (Å²) < 4.78 is 24.5. The highest BCUT2D eigenvalue weighted by atomic mass is 28.5. The minimum atomic E-state index is -2.01. The Morgan fingerprint density at radius 2 is 1.43 bits per heavy atom. The molecule has 0 aliphatic heterocycles. The normalized spacial score (nSPS) is 13.4. The number of hydrogen-bond acceptors (Lipinski definition) is 4. The van der Waals surface area contributed by atoms with E-state index in [2.05, 4.69) is 51.8 Å². The molecule has 178 valence electrons. The van der Waals surface area contributed by atoms with E-state index in [4.69, 9.17) is 17.7 Å². The van der Waals surface area contributed by atoms with Gasteiger partial charge in [-0.05, 0) is 56.8 Å². The van der Waals surface area contributed by atoms with Crippen LogP contribution in [0.2, 0.25) is 44.8 Å². The SMILES string of the molecule is C.C.CCCC[Si](C)(CCCOCCOCc1ccccc1)O[Si](C)(C)O[SiH](C)C. The zero-order valence-electron chi connectivity index (χ0n) is 19.0. The second kappa shape index (κ2) is 17.3. The van der Waals surface area contributed by atoms with Gasteiger partial charge in [-0.15, -0.1) is 0 Å². The zero-order valence-corrected chi connectivity index (χ0v) is 22.1. The largest absolute Gasteiger partial charge is 0.440 e. The molecule has 30 heavy (non-hydrogen) atoms. The molecular weight excluding hydrogens is 425 g/mol. The molecule has 0 amide bonds. The average molecular weight is 475 g/mol. The van der Waals surface area contributed by atoms with Crippen molar-refractivity contribution in [1.82, 2.24) is 0 Å². The molecule has 0 fully saturated rings. The molecule has 0 aliphatic rings. The first-order valence-electron chi connectivity index (χ1n) is 10.8. The maximum absolute atomic E-state index is 6.74. The molecule has 7 heteroatoms. The van der Waals surface area contributed by atoms with Crippen molar-refractivity contribution in [1.29, 1.82) is 0 Å². The summed E-state index contributed by atoms with van der Waals surface area (Å²) in [7, 11) is -4.82. The molecule has 4 nitrogen and oxygen atoms in total. The third-order valence-electron chi connectivity index (χ3n) is 4.55. The van der Waals surface area contributed by atoms with Gasteiger partial charge in [0.15, 0.2) is 17.4 Å². The fourth-order valence-electron chi connectivity index (χ4n) is 3.50. The van der Waals surface area contributed by atoms with Crippen LogP contribution in [-0.4, -0.2) is 45.7 Å². The Bertz CT molecular complexity index is 514. The molecule has 0 saturated heterocycles. The molecule has 1 unspecified atom stereocenters. The van der Waals surface area contributed by atoms with Crippen LogP contribution < -0.4 is 0 Å². The number of hydrogen-bond donors (Lipinski definition) is 0. The average Bonchev–Trinajstić information content (AvgIpc) is 2.61. The first kappa shape index (κ1) is 31.9. The lowest BCUT2D eigenvalue weighted by atomic mass is 10.2. The fraction of sp³-hybridized carbons (Fsp3) is 0.739. The minimum absolute atomic E-state index is 0. The van der Waals surface area contributed by atoms with Crippen LogP contribution in [0.25, 0.3) is 0 Å². The molecule has 1 rings (SSSR count). The summed E-state index contributed by atoms with van der Waals surface area (Å²) in [4.78, 5) is 0. The fourth-order valence-corrected chi connectivity index (χ4v) is 16.5. The van der Waals surface area contributed by atoms with E-state index in [1.165, 1.54) is 24.4 Å². The highest BCUT2D eigenvalue weighted by molar-refractivity contribution is 6.85. The molecule has 0 aromatic heterocycles. The van der Waals surface area contributed by atoms with Crippen molar-refractivity contribution in [2.24, 2.45) is 0 Å². The third-order valence-corrected chi connectivity index (χ3v) is 15.5. The van der Waals surface area contributed by atoms with Crippen LogP contribution in [0, 0.1) is 0 Å². The zero-order chi connectivity index (χ0) is 20.9. The van der Waals surface area contributed by atoms with E-state index in [0.29, 0.717) is 19.8 Å². The maximum Gasteiger partial charge on any atom is 0.310 e. The number of benzene rings is 1. The van der Waals surface area contributed by atoms with Gasteiger partial charge in [-0.3, -0.25) is 0 Å². The lowest BCUT2D eigenvalue weighted by molar-refractivity contribution is 0.0406. The highest BCUT2D eigenvalue weighted by Crippen LogP contribution is 2.27. The summed E-state index contributed by atoms with van der Waals surface area (Å²) in [5, 5.41) is 0. The summed E-state index contributed by atoms with van der Waals surface area (Å²) >= 11 is 0. The van der Waals surface area contributed by atoms with Gasteiger partial charge in [-0.25, -0.2) is 0 Å². The van der Waals surface area contributed by atoms with E-state index in [1.54, 1.807) is 0 Å². The number of ether oxygens (including phenoxy) is 2. The van der Waals surface area contributed by atoms with Crippen LogP contribution in [0.5, 0.6) is 0 Å². The lowest BCUT2D eigenvalue weighted by Crippen LogP contribution is -2.50. The Morgan fingerprint density at radius 1 is 0.833 bits per heavy atom. The Morgan fingerprint density at radius 3 is 2.03 bits per heavy atom. The van der Waals surface area contributed by atoms with Gasteiger partial charge in [0.05, 0.1) is 19.8 Å². The van der Waals surface area contributed by atoms with Crippen molar-refractivity contribution in [2.45, 2.75) is 92.5 Å². The minimum Gasteiger partial charge on any atom is -0.440 e. The van der Waals surface area contributed by atoms with Crippen molar-refractivity contribution < 1.29 is 17.7 Å². The Kier molecular flexibility index (Phi) is 18.4. The van der Waals surface area contributed by atoms with Crippen LogP contribution in [-0.2, 0) is 24.3 Å². The number of unbranched alkanes of at least 4 members (excludes halogenated alkanes) is 1. The predicted molar refractivity (Wildman–Crippen MR) is 140 cm³/mol. The van der Waals surface area contributed by atoms with Gasteiger partial charge in [0.2, 0.25) is 0 Å². The van der Waals surface area contributed by atoms with Gasteiger partial charge in [-0.1, -0.05) is 65.0 Å². The van der Waals surface area contributed by atoms with Gasteiger partial charge in [-0.2, -0.15) is 0 Å². The monoisotopic (exact) mass is 474 g/mol. The molecule has 1 atom stereocenters. The van der Waals surface area contributed by atoms with E-state index >= 15 is 0 Å². The summed E-state index contributed by atoms with van der Waals surface area (Å²) in [5.74, 6) is 0. The Balaban J connectivity index is 0. The molecule has 0 spiro atoms. The number of rotatable bonds is 16. The van der Waals surface area contributed by atoms with Crippen molar-refractivity contribution in [3.05, 3.63) is 35.9 Å². The molecule has 0 bridgehead atoms. The van der Waals surface area contributed by atoms with Crippen LogP contribution >= 0.6 is 0 Å². The van der Waals surface area contributed by atoms with Crippen molar-refractivity contribution >= 4 is 25.9 Å². The second-order valence-corrected chi connectivity index (χ2v) is 19.0. The van der Waals surface area contributed by atoms with E-state index in [-0.39, 0.29) is 14.9 Å². The highest BCUT2D eigenvalue weighted by Gasteiger charge is 2.37. The van der Waals surface area contributed by atoms with Gasteiger partial charge < -0.3 is 17.7 Å². The Hall–Kier alpha value is -0.289. The van der Waals surface area contributed by atoms with Crippen molar-refractivity contribution in [3.63, 3.8) is 0 Å². The summed E-state index contributed by atoms with van der Waals surface area (Å²) in [6.45, 7) is 16.3. The van der Waals surface area contributed by atoms with Gasteiger partial charge >= 0.3 is 8.56 Å². The predicted octanol–water partition coefficient (Wildman–Crippen LogP) is 6.98. The molecule has 0 aliphatic carbocycles. The molecule has 0 radical (unpaired) electrons. The maximum atomic E-state index is 6.74. The molecule has 0 heterocycles. The van der Waals surface area contributed by atoms with Gasteiger partial charge in [0.25, 0.3) is 0 Å². The lowest BCUT2D eigenvalue weighted by Gasteiger charge is -2.37. The smallest absolute Gasteiger partial charge is 0.310 e. The molecule has 0 N–H and O–H groups in total. The third kappa shape index (κ3) is 15.5. The molecule has 1 aromatic rings. The van der Waals surface area contributed by atoms with E-state index in [9.17, 15) is 0 Å². The van der Waals surface area contributed by atoms with E-state index in [1.807, 2.05) is 18.2 Å².